The Balaban J connectivity index is 1.75. The molecular weight excluding hydrogens is 445 g/mol. The van der Waals surface area contributed by atoms with Crippen LogP contribution in [0.3, 0.4) is 0 Å². The molecule has 0 heterocycles. The van der Waals surface area contributed by atoms with Gasteiger partial charge >= 0.3 is 12.3 Å². The standard InChI is InChI=1S/C27H27F3O4/c1-2-3-4-19-5-7-20(8-6-19)18-33-25-15-11-22(17-23(25)12-16-26(31)32)21-9-13-24(14-10-21)34-27(28,29)30/h5-11,13-15,17H,2-4,12,16,18H2,1H3,(H,31,32). The minimum Gasteiger partial charge on any atom is -0.489 e. The van der Waals surface area contributed by atoms with Crippen molar-refractivity contribution in [1.29, 1.82) is 0 Å². The van der Waals surface area contributed by atoms with Gasteiger partial charge in [0.1, 0.15) is 18.1 Å². The van der Waals surface area contributed by atoms with Crippen LogP contribution in [-0.2, 0) is 24.2 Å². The number of benzene rings is 3. The Bertz CT molecular complexity index is 1070. The summed E-state index contributed by atoms with van der Waals surface area (Å²) in [6, 6.07) is 19.2. The van der Waals surface area contributed by atoms with E-state index in [2.05, 4.69) is 23.8 Å². The van der Waals surface area contributed by atoms with E-state index in [0.29, 0.717) is 17.9 Å². The number of unbranched alkanes of at least 4 members (excludes halogenated alkanes) is 1. The number of hydrogen-bond donors (Lipinski definition) is 1. The molecule has 3 aromatic carbocycles. The van der Waals surface area contributed by atoms with Crippen molar-refractivity contribution < 1.29 is 32.5 Å². The third-order valence-electron chi connectivity index (χ3n) is 5.33. The molecular formula is C27H27F3O4. The van der Waals surface area contributed by atoms with Crippen LogP contribution in [0.25, 0.3) is 11.1 Å². The Kier molecular flexibility index (Phi) is 8.57. The number of ether oxygens (including phenoxy) is 2. The first kappa shape index (κ1) is 25.1. The average molecular weight is 473 g/mol. The molecule has 0 saturated heterocycles. The zero-order valence-corrected chi connectivity index (χ0v) is 18.9. The van der Waals surface area contributed by atoms with E-state index >= 15 is 0 Å². The Hall–Kier alpha value is -3.48. The molecule has 0 bridgehead atoms. The van der Waals surface area contributed by atoms with Crippen molar-refractivity contribution in [1.82, 2.24) is 0 Å². The second-order valence-corrected chi connectivity index (χ2v) is 8.00. The molecule has 0 unspecified atom stereocenters. The largest absolute Gasteiger partial charge is 0.573 e. The summed E-state index contributed by atoms with van der Waals surface area (Å²) < 4.78 is 47.1. The van der Waals surface area contributed by atoms with Crippen LogP contribution in [0.15, 0.2) is 66.7 Å². The molecule has 0 amide bonds. The molecule has 0 aliphatic carbocycles. The van der Waals surface area contributed by atoms with Gasteiger partial charge in [0.15, 0.2) is 0 Å². The van der Waals surface area contributed by atoms with Crippen molar-refractivity contribution in [2.24, 2.45) is 0 Å². The zero-order valence-electron chi connectivity index (χ0n) is 18.9. The minimum atomic E-state index is -4.75. The summed E-state index contributed by atoms with van der Waals surface area (Å²) in [4.78, 5) is 11.1. The van der Waals surface area contributed by atoms with Crippen LogP contribution in [-0.4, -0.2) is 17.4 Å². The number of aryl methyl sites for hydroxylation is 2. The molecule has 180 valence electrons. The second-order valence-electron chi connectivity index (χ2n) is 8.00. The molecule has 4 nitrogen and oxygen atoms in total. The normalized spacial score (nSPS) is 11.3. The monoisotopic (exact) mass is 472 g/mol. The van der Waals surface area contributed by atoms with E-state index in [9.17, 15) is 18.0 Å². The van der Waals surface area contributed by atoms with Gasteiger partial charge in [-0.1, -0.05) is 55.8 Å². The predicted octanol–water partition coefficient (Wildman–Crippen LogP) is 7.19. The van der Waals surface area contributed by atoms with E-state index in [4.69, 9.17) is 9.84 Å². The summed E-state index contributed by atoms with van der Waals surface area (Å²) in [5.41, 5.74) is 4.43. The van der Waals surface area contributed by atoms with Gasteiger partial charge in [-0.2, -0.15) is 0 Å². The zero-order chi connectivity index (χ0) is 24.6. The molecule has 0 aliphatic rings. The van der Waals surface area contributed by atoms with Crippen LogP contribution in [0.1, 0.15) is 42.9 Å². The van der Waals surface area contributed by atoms with E-state index < -0.39 is 12.3 Å². The number of carboxylic acids is 1. The third-order valence-corrected chi connectivity index (χ3v) is 5.33. The van der Waals surface area contributed by atoms with E-state index in [-0.39, 0.29) is 18.6 Å². The number of hydrogen-bond acceptors (Lipinski definition) is 3. The lowest BCUT2D eigenvalue weighted by molar-refractivity contribution is -0.274. The molecule has 34 heavy (non-hydrogen) atoms. The van der Waals surface area contributed by atoms with Crippen molar-refractivity contribution in [2.75, 3.05) is 0 Å². The van der Waals surface area contributed by atoms with Gasteiger partial charge < -0.3 is 14.6 Å². The maximum Gasteiger partial charge on any atom is 0.573 e. The lowest BCUT2D eigenvalue weighted by Crippen LogP contribution is -2.16. The number of carbonyl (C=O) groups is 1. The molecule has 0 aromatic heterocycles. The maximum absolute atomic E-state index is 12.4. The molecule has 0 aliphatic heterocycles. The molecule has 0 saturated carbocycles. The molecule has 3 aromatic rings. The van der Waals surface area contributed by atoms with Gasteiger partial charge in [0, 0.05) is 6.42 Å². The van der Waals surface area contributed by atoms with Crippen LogP contribution in [0.2, 0.25) is 0 Å². The highest BCUT2D eigenvalue weighted by atomic mass is 19.4. The molecule has 1 N–H and O–H groups in total. The first-order chi connectivity index (χ1) is 16.2. The van der Waals surface area contributed by atoms with Crippen LogP contribution in [0.5, 0.6) is 11.5 Å². The summed E-state index contributed by atoms with van der Waals surface area (Å²) in [7, 11) is 0. The maximum atomic E-state index is 12.4. The summed E-state index contributed by atoms with van der Waals surface area (Å²) in [5.74, 6) is -0.646. The van der Waals surface area contributed by atoms with Crippen molar-refractivity contribution in [3.63, 3.8) is 0 Å². The molecule has 0 atom stereocenters. The molecule has 0 radical (unpaired) electrons. The second kappa shape index (κ2) is 11.6. The van der Waals surface area contributed by atoms with Crippen molar-refractivity contribution in [3.05, 3.63) is 83.4 Å². The number of rotatable bonds is 11. The highest BCUT2D eigenvalue weighted by Gasteiger charge is 2.31. The Morgan fingerprint density at radius 3 is 2.15 bits per heavy atom. The highest BCUT2D eigenvalue weighted by Crippen LogP contribution is 2.31. The smallest absolute Gasteiger partial charge is 0.489 e. The molecule has 0 fully saturated rings. The van der Waals surface area contributed by atoms with Crippen molar-refractivity contribution in [3.8, 4) is 22.6 Å². The molecule has 0 spiro atoms. The van der Waals surface area contributed by atoms with Gasteiger partial charge in [-0.15, -0.1) is 13.2 Å². The SMILES string of the molecule is CCCCc1ccc(COc2ccc(-c3ccc(OC(F)(F)F)cc3)cc2CCC(=O)O)cc1. The number of alkyl halides is 3. The quantitative estimate of drug-likeness (QED) is 0.321. The van der Waals surface area contributed by atoms with Crippen molar-refractivity contribution in [2.45, 2.75) is 52.0 Å². The number of aliphatic carboxylic acids is 1. The minimum absolute atomic E-state index is 0.0652. The Morgan fingerprint density at radius 1 is 0.882 bits per heavy atom. The van der Waals surface area contributed by atoms with Crippen LogP contribution in [0, 0.1) is 0 Å². The summed E-state index contributed by atoms with van der Waals surface area (Å²) in [6.45, 7) is 2.50. The fraction of sp³-hybridized carbons (Fsp3) is 0.296. The van der Waals surface area contributed by atoms with E-state index in [0.717, 1.165) is 36.0 Å². The van der Waals surface area contributed by atoms with E-state index in [1.54, 1.807) is 12.1 Å². The summed E-state index contributed by atoms with van der Waals surface area (Å²) in [6.07, 6.45) is -1.21. The fourth-order valence-electron chi connectivity index (χ4n) is 3.53. The number of carboxylic acid groups (broad SMARTS) is 1. The molecule has 7 heteroatoms. The van der Waals surface area contributed by atoms with Gasteiger partial charge in [0.05, 0.1) is 0 Å². The van der Waals surface area contributed by atoms with Gasteiger partial charge in [-0.05, 0) is 71.3 Å². The van der Waals surface area contributed by atoms with Gasteiger partial charge in [-0.3, -0.25) is 4.79 Å². The lowest BCUT2D eigenvalue weighted by atomic mass is 10.00. The summed E-state index contributed by atoms with van der Waals surface area (Å²) >= 11 is 0. The van der Waals surface area contributed by atoms with Gasteiger partial charge in [0.2, 0.25) is 0 Å². The predicted molar refractivity (Wildman–Crippen MR) is 124 cm³/mol. The third kappa shape index (κ3) is 7.83. The van der Waals surface area contributed by atoms with Crippen LogP contribution >= 0.6 is 0 Å². The van der Waals surface area contributed by atoms with Crippen LogP contribution in [0.4, 0.5) is 13.2 Å². The summed E-state index contributed by atoms with van der Waals surface area (Å²) in [5, 5.41) is 9.12. The van der Waals surface area contributed by atoms with Gasteiger partial charge in [0.25, 0.3) is 0 Å². The number of halogens is 3. The van der Waals surface area contributed by atoms with Crippen LogP contribution < -0.4 is 9.47 Å². The van der Waals surface area contributed by atoms with E-state index in [1.165, 1.54) is 29.8 Å². The average Bonchev–Trinajstić information content (AvgIpc) is 2.80. The lowest BCUT2D eigenvalue weighted by Gasteiger charge is -2.14. The van der Waals surface area contributed by atoms with Gasteiger partial charge in [-0.25, -0.2) is 0 Å². The first-order valence-corrected chi connectivity index (χ1v) is 11.1. The van der Waals surface area contributed by atoms with Crippen molar-refractivity contribution >= 4 is 5.97 Å². The Labute approximate surface area is 197 Å². The highest BCUT2D eigenvalue weighted by molar-refractivity contribution is 5.69. The van der Waals surface area contributed by atoms with E-state index in [1.807, 2.05) is 18.2 Å². The fourth-order valence-corrected chi connectivity index (χ4v) is 3.53. The first-order valence-electron chi connectivity index (χ1n) is 11.1. The Morgan fingerprint density at radius 2 is 1.53 bits per heavy atom. The molecule has 3 rings (SSSR count). The topological polar surface area (TPSA) is 55.8 Å².